The first-order valence-electron chi connectivity index (χ1n) is 8.24. The zero-order valence-electron chi connectivity index (χ0n) is 13.9. The monoisotopic (exact) mass is 399 g/mol. The number of halogens is 4. The summed E-state index contributed by atoms with van der Waals surface area (Å²) in [5, 5.41) is 0.760. The largest absolute Gasteiger partial charge is 0.372 e. The van der Waals surface area contributed by atoms with Gasteiger partial charge in [-0.2, -0.15) is 0 Å². The van der Waals surface area contributed by atoms with Crippen LogP contribution in [0.2, 0.25) is 10.0 Å². The molecular weight excluding hydrogens is 383 g/mol. The maximum atomic E-state index is 13.7. The van der Waals surface area contributed by atoms with Crippen molar-refractivity contribution in [3.8, 4) is 0 Å². The molecule has 0 N–H and O–H groups in total. The molecule has 1 aliphatic rings. The minimum absolute atomic E-state index is 0.0437. The standard InChI is InChI=1S/C19H17Cl2F2NO2/c20-13-6-7-15(16(21)9-13)19(25)24-8-2-4-14(10-24)26-11-12-3-1-5-17(22)18(12)23/h1,3,5-7,9,14H,2,4,8,10-11H2. The van der Waals surface area contributed by atoms with Crippen LogP contribution in [0, 0.1) is 11.6 Å². The number of likely N-dealkylation sites (tertiary alicyclic amines) is 1. The Labute approximate surface area is 160 Å². The Morgan fingerprint density at radius 2 is 2.04 bits per heavy atom. The molecule has 138 valence electrons. The van der Waals surface area contributed by atoms with Gasteiger partial charge in [0, 0.05) is 23.7 Å². The van der Waals surface area contributed by atoms with Gasteiger partial charge in [0.2, 0.25) is 0 Å². The maximum absolute atomic E-state index is 13.7. The zero-order valence-corrected chi connectivity index (χ0v) is 15.4. The van der Waals surface area contributed by atoms with Crippen molar-refractivity contribution < 1.29 is 18.3 Å². The van der Waals surface area contributed by atoms with E-state index in [2.05, 4.69) is 0 Å². The van der Waals surface area contributed by atoms with Crippen molar-refractivity contribution in [2.45, 2.75) is 25.6 Å². The van der Waals surface area contributed by atoms with E-state index in [-0.39, 0.29) is 24.2 Å². The molecule has 3 nitrogen and oxygen atoms in total. The summed E-state index contributed by atoms with van der Waals surface area (Å²) in [5.41, 5.74) is 0.544. The summed E-state index contributed by atoms with van der Waals surface area (Å²) in [7, 11) is 0. The number of carbonyl (C=O) groups excluding carboxylic acids is 1. The highest BCUT2D eigenvalue weighted by Gasteiger charge is 2.26. The summed E-state index contributed by atoms with van der Waals surface area (Å²) in [4.78, 5) is 14.3. The highest BCUT2D eigenvalue weighted by Crippen LogP contribution is 2.24. The van der Waals surface area contributed by atoms with Gasteiger partial charge in [0.05, 0.1) is 23.3 Å². The molecule has 0 bridgehead atoms. The van der Waals surface area contributed by atoms with Crippen LogP contribution in [0.1, 0.15) is 28.8 Å². The average Bonchev–Trinajstić information content (AvgIpc) is 2.63. The van der Waals surface area contributed by atoms with Crippen molar-refractivity contribution >= 4 is 29.1 Å². The molecule has 26 heavy (non-hydrogen) atoms. The Morgan fingerprint density at radius 3 is 2.81 bits per heavy atom. The Balaban J connectivity index is 1.63. The van der Waals surface area contributed by atoms with E-state index in [9.17, 15) is 13.6 Å². The molecule has 3 rings (SSSR count). The molecule has 0 aliphatic carbocycles. The Hall–Kier alpha value is -1.69. The van der Waals surface area contributed by atoms with Gasteiger partial charge in [-0.05, 0) is 37.1 Å². The third-order valence-electron chi connectivity index (χ3n) is 4.33. The van der Waals surface area contributed by atoms with E-state index in [0.717, 1.165) is 18.9 Å². The van der Waals surface area contributed by atoms with E-state index < -0.39 is 11.6 Å². The van der Waals surface area contributed by atoms with E-state index in [1.54, 1.807) is 17.0 Å². The SMILES string of the molecule is O=C(c1ccc(Cl)cc1Cl)N1CCCC(OCc2cccc(F)c2F)C1. The third-order valence-corrected chi connectivity index (χ3v) is 4.88. The number of benzene rings is 2. The van der Waals surface area contributed by atoms with Gasteiger partial charge < -0.3 is 9.64 Å². The smallest absolute Gasteiger partial charge is 0.255 e. The lowest BCUT2D eigenvalue weighted by Gasteiger charge is -2.33. The number of hydrogen-bond acceptors (Lipinski definition) is 2. The van der Waals surface area contributed by atoms with Crippen LogP contribution < -0.4 is 0 Å². The van der Waals surface area contributed by atoms with Crippen LogP contribution in [0.3, 0.4) is 0 Å². The number of amides is 1. The summed E-state index contributed by atoms with van der Waals surface area (Å²) in [5.74, 6) is -2.00. The second kappa shape index (κ2) is 8.33. The fourth-order valence-corrected chi connectivity index (χ4v) is 3.45. The summed E-state index contributed by atoms with van der Waals surface area (Å²) >= 11 is 12.0. The van der Waals surface area contributed by atoms with Gasteiger partial charge in [-0.3, -0.25) is 4.79 Å². The van der Waals surface area contributed by atoms with Crippen LogP contribution in [-0.2, 0) is 11.3 Å². The van der Waals surface area contributed by atoms with Crippen molar-refractivity contribution in [2.75, 3.05) is 13.1 Å². The number of nitrogens with zero attached hydrogens (tertiary/aromatic N) is 1. The Morgan fingerprint density at radius 1 is 1.23 bits per heavy atom. The predicted molar refractivity (Wildman–Crippen MR) is 96.5 cm³/mol. The van der Waals surface area contributed by atoms with Gasteiger partial charge in [0.25, 0.3) is 5.91 Å². The van der Waals surface area contributed by atoms with Gasteiger partial charge >= 0.3 is 0 Å². The average molecular weight is 400 g/mol. The van der Waals surface area contributed by atoms with E-state index in [1.807, 2.05) is 0 Å². The maximum Gasteiger partial charge on any atom is 0.255 e. The molecule has 0 radical (unpaired) electrons. The molecular formula is C19H17Cl2F2NO2. The van der Waals surface area contributed by atoms with Crippen LogP contribution in [0.25, 0.3) is 0 Å². The minimum atomic E-state index is -0.899. The fraction of sp³-hybridized carbons (Fsp3) is 0.316. The molecule has 1 atom stereocenters. The number of ether oxygens (including phenoxy) is 1. The zero-order chi connectivity index (χ0) is 18.7. The van der Waals surface area contributed by atoms with Crippen molar-refractivity contribution in [3.63, 3.8) is 0 Å². The summed E-state index contributed by atoms with van der Waals surface area (Å²) in [6.07, 6.45) is 1.25. The van der Waals surface area contributed by atoms with Gasteiger partial charge in [-0.25, -0.2) is 8.78 Å². The summed E-state index contributed by atoms with van der Waals surface area (Å²) < 4.78 is 32.7. The first-order valence-corrected chi connectivity index (χ1v) is 9.00. The normalized spacial score (nSPS) is 17.4. The first-order chi connectivity index (χ1) is 12.5. The topological polar surface area (TPSA) is 29.5 Å². The van der Waals surface area contributed by atoms with Crippen molar-refractivity contribution in [2.24, 2.45) is 0 Å². The number of carbonyl (C=O) groups is 1. The number of hydrogen-bond donors (Lipinski definition) is 0. The lowest BCUT2D eigenvalue weighted by molar-refractivity contribution is -0.00776. The van der Waals surface area contributed by atoms with Gasteiger partial charge in [0.15, 0.2) is 11.6 Å². The molecule has 1 amide bonds. The highest BCUT2D eigenvalue weighted by atomic mass is 35.5. The highest BCUT2D eigenvalue weighted by molar-refractivity contribution is 6.36. The predicted octanol–water partition coefficient (Wildman–Crippen LogP) is 5.09. The van der Waals surface area contributed by atoms with E-state index >= 15 is 0 Å². The van der Waals surface area contributed by atoms with Gasteiger partial charge in [0.1, 0.15) is 0 Å². The summed E-state index contributed by atoms with van der Waals surface area (Å²) in [6.45, 7) is 0.915. The molecule has 7 heteroatoms. The molecule has 1 saturated heterocycles. The molecule has 1 fully saturated rings. The Bertz CT molecular complexity index is 816. The van der Waals surface area contributed by atoms with Crippen LogP contribution in [0.5, 0.6) is 0 Å². The van der Waals surface area contributed by atoms with E-state index in [0.29, 0.717) is 28.7 Å². The van der Waals surface area contributed by atoms with E-state index in [1.165, 1.54) is 18.2 Å². The second-order valence-electron chi connectivity index (χ2n) is 6.16. The van der Waals surface area contributed by atoms with E-state index in [4.69, 9.17) is 27.9 Å². The quantitative estimate of drug-likeness (QED) is 0.716. The van der Waals surface area contributed by atoms with Crippen molar-refractivity contribution in [3.05, 3.63) is 69.2 Å². The van der Waals surface area contributed by atoms with Crippen molar-refractivity contribution in [1.29, 1.82) is 0 Å². The fourth-order valence-electron chi connectivity index (χ4n) is 2.96. The van der Waals surface area contributed by atoms with Crippen LogP contribution in [0.4, 0.5) is 8.78 Å². The lowest BCUT2D eigenvalue weighted by atomic mass is 10.1. The number of piperidine rings is 1. The van der Waals surface area contributed by atoms with Gasteiger partial charge in [-0.1, -0.05) is 35.3 Å². The lowest BCUT2D eigenvalue weighted by Crippen LogP contribution is -2.43. The molecule has 1 aliphatic heterocycles. The van der Waals surface area contributed by atoms with Crippen LogP contribution in [-0.4, -0.2) is 30.0 Å². The molecule has 0 aromatic heterocycles. The van der Waals surface area contributed by atoms with Crippen molar-refractivity contribution in [1.82, 2.24) is 4.90 Å². The Kier molecular flexibility index (Phi) is 6.12. The van der Waals surface area contributed by atoms with Crippen LogP contribution >= 0.6 is 23.2 Å². The molecule has 2 aromatic rings. The molecule has 0 saturated carbocycles. The number of rotatable bonds is 4. The van der Waals surface area contributed by atoms with Crippen LogP contribution in [0.15, 0.2) is 36.4 Å². The summed E-state index contributed by atoms with van der Waals surface area (Å²) in [6, 6.07) is 8.73. The molecule has 2 aromatic carbocycles. The molecule has 1 heterocycles. The third kappa shape index (κ3) is 4.34. The first kappa shape index (κ1) is 19.1. The van der Waals surface area contributed by atoms with Gasteiger partial charge in [-0.15, -0.1) is 0 Å². The minimum Gasteiger partial charge on any atom is -0.372 e. The molecule has 1 unspecified atom stereocenters. The molecule has 0 spiro atoms. The second-order valence-corrected chi connectivity index (χ2v) is 7.01.